The molecular weight excluding hydrogens is 352 g/mol. The number of ether oxygens (including phenoxy) is 2. The van der Waals surface area contributed by atoms with Crippen LogP contribution in [0.1, 0.15) is 18.9 Å². The lowest BCUT2D eigenvalue weighted by Gasteiger charge is -2.15. The number of aliphatic hydroxyl groups is 1. The predicted octanol–water partition coefficient (Wildman–Crippen LogP) is 0.856. The van der Waals surface area contributed by atoms with Crippen molar-refractivity contribution in [1.29, 1.82) is 0 Å². The lowest BCUT2D eigenvalue weighted by molar-refractivity contribution is -0.143. The molecule has 1 amide bonds. The van der Waals surface area contributed by atoms with Crippen molar-refractivity contribution in [2.45, 2.75) is 19.8 Å². The molecule has 1 aliphatic heterocycles. The first-order valence-corrected chi connectivity index (χ1v) is 8.73. The SMILES string of the molecule is CCOC(=O)CCc1cccc(NC2=C(C(=O)OC)CN(CCO)C2=O)c1. The summed E-state index contributed by atoms with van der Waals surface area (Å²) >= 11 is 0. The Morgan fingerprint density at radius 1 is 1.33 bits per heavy atom. The van der Waals surface area contributed by atoms with Gasteiger partial charge in [0.25, 0.3) is 5.91 Å². The maximum Gasteiger partial charge on any atom is 0.337 e. The fourth-order valence-electron chi connectivity index (χ4n) is 2.78. The normalized spacial score (nSPS) is 13.7. The molecule has 0 fully saturated rings. The largest absolute Gasteiger partial charge is 0.466 e. The Kier molecular flexibility index (Phi) is 7.36. The van der Waals surface area contributed by atoms with Gasteiger partial charge >= 0.3 is 11.9 Å². The van der Waals surface area contributed by atoms with Gasteiger partial charge < -0.3 is 24.8 Å². The molecule has 146 valence electrons. The first kappa shape index (κ1) is 20.4. The number of carbonyl (C=O) groups is 3. The number of carbonyl (C=O) groups excluding carboxylic acids is 3. The minimum absolute atomic E-state index is 0.0803. The fourth-order valence-corrected chi connectivity index (χ4v) is 2.78. The monoisotopic (exact) mass is 376 g/mol. The molecule has 0 radical (unpaired) electrons. The number of amides is 1. The van der Waals surface area contributed by atoms with Crippen LogP contribution >= 0.6 is 0 Å². The summed E-state index contributed by atoms with van der Waals surface area (Å²) < 4.78 is 9.68. The molecule has 8 nitrogen and oxygen atoms in total. The van der Waals surface area contributed by atoms with Crippen molar-refractivity contribution in [3.05, 3.63) is 41.1 Å². The average molecular weight is 376 g/mol. The van der Waals surface area contributed by atoms with E-state index in [-0.39, 0.29) is 49.3 Å². The number of hydrogen-bond donors (Lipinski definition) is 2. The van der Waals surface area contributed by atoms with E-state index in [1.165, 1.54) is 12.0 Å². The van der Waals surface area contributed by atoms with E-state index in [4.69, 9.17) is 14.6 Å². The number of β-amino-alcohol motifs (C(OH)–C–C–N with tert-alkyl or cyclic N) is 1. The summed E-state index contributed by atoms with van der Waals surface area (Å²) in [7, 11) is 1.25. The molecule has 27 heavy (non-hydrogen) atoms. The summed E-state index contributed by atoms with van der Waals surface area (Å²) in [5.74, 6) is -1.23. The number of rotatable bonds is 9. The number of anilines is 1. The topological polar surface area (TPSA) is 105 Å². The van der Waals surface area contributed by atoms with Gasteiger partial charge in [-0.1, -0.05) is 12.1 Å². The standard InChI is InChI=1S/C19H24N2O6/c1-3-27-16(23)8-7-13-5-4-6-14(11-13)20-17-15(19(25)26-2)12-21(9-10-22)18(17)24/h4-6,11,20,22H,3,7-10,12H2,1-2H3. The predicted molar refractivity (Wildman–Crippen MR) is 97.7 cm³/mol. The molecule has 1 heterocycles. The molecule has 0 aliphatic carbocycles. The molecule has 1 aromatic carbocycles. The quantitative estimate of drug-likeness (QED) is 0.616. The second kappa shape index (κ2) is 9.72. The van der Waals surface area contributed by atoms with E-state index in [1.54, 1.807) is 19.1 Å². The molecular formula is C19H24N2O6. The molecule has 0 bridgehead atoms. The van der Waals surface area contributed by atoms with Gasteiger partial charge in [0.2, 0.25) is 0 Å². The van der Waals surface area contributed by atoms with Gasteiger partial charge in [-0.2, -0.15) is 0 Å². The van der Waals surface area contributed by atoms with E-state index < -0.39 is 5.97 Å². The minimum Gasteiger partial charge on any atom is -0.466 e. The number of nitrogens with one attached hydrogen (secondary N) is 1. The van der Waals surface area contributed by atoms with Crippen molar-refractivity contribution in [2.75, 3.05) is 38.7 Å². The highest BCUT2D eigenvalue weighted by Crippen LogP contribution is 2.23. The van der Waals surface area contributed by atoms with E-state index in [9.17, 15) is 14.4 Å². The summed E-state index contributed by atoms with van der Waals surface area (Å²) in [6.45, 7) is 2.11. The smallest absolute Gasteiger partial charge is 0.337 e. The second-order valence-electron chi connectivity index (χ2n) is 5.93. The molecule has 8 heteroatoms. The van der Waals surface area contributed by atoms with Gasteiger partial charge in [0.05, 0.1) is 32.4 Å². The molecule has 0 spiro atoms. The zero-order valence-corrected chi connectivity index (χ0v) is 15.5. The number of benzene rings is 1. The van der Waals surface area contributed by atoms with Crippen LogP contribution in [-0.2, 0) is 30.3 Å². The molecule has 0 aromatic heterocycles. The second-order valence-corrected chi connectivity index (χ2v) is 5.93. The Morgan fingerprint density at radius 3 is 2.78 bits per heavy atom. The van der Waals surface area contributed by atoms with Crippen LogP contribution in [0.3, 0.4) is 0 Å². The van der Waals surface area contributed by atoms with Crippen molar-refractivity contribution in [3.63, 3.8) is 0 Å². The number of aryl methyl sites for hydroxylation is 1. The molecule has 0 unspecified atom stereocenters. The Hall–Kier alpha value is -2.87. The summed E-state index contributed by atoms with van der Waals surface area (Å²) in [6.07, 6.45) is 0.762. The van der Waals surface area contributed by atoms with Crippen LogP contribution in [-0.4, -0.2) is 61.3 Å². The number of aliphatic hydroxyl groups excluding tert-OH is 1. The molecule has 2 rings (SSSR count). The van der Waals surface area contributed by atoms with Crippen LogP contribution in [0.2, 0.25) is 0 Å². The van der Waals surface area contributed by atoms with Gasteiger partial charge in [0, 0.05) is 18.7 Å². The van der Waals surface area contributed by atoms with Gasteiger partial charge in [-0.05, 0) is 31.0 Å². The molecule has 0 saturated heterocycles. The summed E-state index contributed by atoms with van der Waals surface area (Å²) in [4.78, 5) is 37.4. The van der Waals surface area contributed by atoms with E-state index in [0.29, 0.717) is 18.7 Å². The van der Waals surface area contributed by atoms with Crippen LogP contribution in [0.15, 0.2) is 35.5 Å². The first-order chi connectivity index (χ1) is 13.0. The van der Waals surface area contributed by atoms with Crippen molar-refractivity contribution in [1.82, 2.24) is 4.90 Å². The Morgan fingerprint density at radius 2 is 2.11 bits per heavy atom. The van der Waals surface area contributed by atoms with Gasteiger partial charge in [0.15, 0.2) is 0 Å². The van der Waals surface area contributed by atoms with E-state index in [0.717, 1.165) is 5.56 Å². The van der Waals surface area contributed by atoms with Crippen LogP contribution in [0.25, 0.3) is 0 Å². The lowest BCUT2D eigenvalue weighted by atomic mass is 10.1. The third-order valence-electron chi connectivity index (χ3n) is 4.07. The van der Waals surface area contributed by atoms with Crippen LogP contribution < -0.4 is 5.32 Å². The summed E-state index contributed by atoms with van der Waals surface area (Å²) in [6, 6.07) is 7.24. The van der Waals surface area contributed by atoms with Crippen LogP contribution in [0.4, 0.5) is 5.69 Å². The third kappa shape index (κ3) is 5.30. The highest BCUT2D eigenvalue weighted by molar-refractivity contribution is 6.08. The van der Waals surface area contributed by atoms with Crippen molar-refractivity contribution < 1.29 is 29.0 Å². The maximum absolute atomic E-state index is 12.5. The first-order valence-electron chi connectivity index (χ1n) is 8.73. The molecule has 0 atom stereocenters. The minimum atomic E-state index is -0.593. The van der Waals surface area contributed by atoms with Crippen LogP contribution in [0, 0.1) is 0 Å². The van der Waals surface area contributed by atoms with Gasteiger partial charge in [-0.3, -0.25) is 9.59 Å². The van der Waals surface area contributed by atoms with Crippen molar-refractivity contribution in [2.24, 2.45) is 0 Å². The zero-order chi connectivity index (χ0) is 19.8. The zero-order valence-electron chi connectivity index (χ0n) is 15.5. The molecule has 1 aromatic rings. The average Bonchev–Trinajstić information content (AvgIpc) is 2.96. The highest BCUT2D eigenvalue weighted by atomic mass is 16.5. The molecule has 0 saturated carbocycles. The number of esters is 2. The van der Waals surface area contributed by atoms with E-state index in [2.05, 4.69) is 5.32 Å². The summed E-state index contributed by atoms with van der Waals surface area (Å²) in [5.41, 5.74) is 1.86. The Balaban J connectivity index is 2.15. The Bertz CT molecular complexity index is 743. The summed E-state index contributed by atoms with van der Waals surface area (Å²) in [5, 5.41) is 12.1. The lowest BCUT2D eigenvalue weighted by Crippen LogP contribution is -2.31. The maximum atomic E-state index is 12.5. The van der Waals surface area contributed by atoms with Crippen molar-refractivity contribution >= 4 is 23.5 Å². The fraction of sp³-hybridized carbons (Fsp3) is 0.421. The number of methoxy groups -OCH3 is 1. The van der Waals surface area contributed by atoms with E-state index >= 15 is 0 Å². The van der Waals surface area contributed by atoms with Crippen molar-refractivity contribution in [3.8, 4) is 0 Å². The molecule has 1 aliphatic rings. The number of nitrogens with zero attached hydrogens (tertiary/aromatic N) is 1. The van der Waals surface area contributed by atoms with Gasteiger partial charge in [0.1, 0.15) is 5.70 Å². The van der Waals surface area contributed by atoms with E-state index in [1.807, 2.05) is 12.1 Å². The van der Waals surface area contributed by atoms with Crippen LogP contribution in [0.5, 0.6) is 0 Å². The Labute approximate surface area is 157 Å². The highest BCUT2D eigenvalue weighted by Gasteiger charge is 2.34. The van der Waals surface area contributed by atoms with Gasteiger partial charge in [-0.15, -0.1) is 0 Å². The molecule has 2 N–H and O–H groups in total. The number of hydrogen-bond acceptors (Lipinski definition) is 7. The third-order valence-corrected chi connectivity index (χ3v) is 4.07. The van der Waals surface area contributed by atoms with Gasteiger partial charge in [-0.25, -0.2) is 4.79 Å².